The molecule has 0 aromatic heterocycles. The Labute approximate surface area is 101 Å². The summed E-state index contributed by atoms with van der Waals surface area (Å²) in [5.41, 5.74) is 0.729. The molecule has 0 aliphatic carbocycles. The van der Waals surface area contributed by atoms with E-state index in [4.69, 9.17) is 5.11 Å². The molecule has 0 radical (unpaired) electrons. The number of hydrogen-bond acceptors (Lipinski definition) is 2. The smallest absolute Gasteiger partial charge is 0.306 e. The summed E-state index contributed by atoms with van der Waals surface area (Å²) in [6, 6.07) is 9.13. The van der Waals surface area contributed by atoms with Gasteiger partial charge >= 0.3 is 5.97 Å². The van der Waals surface area contributed by atoms with Gasteiger partial charge in [0.05, 0.1) is 5.92 Å². The Balaban J connectivity index is 2.50. The van der Waals surface area contributed by atoms with E-state index in [1.54, 1.807) is 26.0 Å². The number of carbonyl (C=O) groups excluding carboxylic acids is 1. The molecule has 0 unspecified atom stereocenters. The maximum absolute atomic E-state index is 11.8. The predicted molar refractivity (Wildman–Crippen MR) is 65.7 cm³/mol. The van der Waals surface area contributed by atoms with E-state index in [2.05, 4.69) is 5.32 Å². The summed E-state index contributed by atoms with van der Waals surface area (Å²) in [6.45, 7) is 3.34. The monoisotopic (exact) mass is 235 g/mol. The molecule has 0 aliphatic rings. The minimum Gasteiger partial charge on any atom is -0.481 e. The number of para-hydroxylation sites is 1. The molecule has 0 heterocycles. The van der Waals surface area contributed by atoms with Gasteiger partial charge in [0.25, 0.3) is 0 Å². The third-order valence-corrected chi connectivity index (χ3v) is 2.62. The predicted octanol–water partition coefficient (Wildman–Crippen LogP) is 2.37. The van der Waals surface area contributed by atoms with E-state index in [9.17, 15) is 9.59 Å². The lowest BCUT2D eigenvalue weighted by Crippen LogP contribution is -2.24. The highest BCUT2D eigenvalue weighted by Crippen LogP contribution is 2.15. The fraction of sp³-hybridized carbons (Fsp3) is 0.385. The summed E-state index contributed by atoms with van der Waals surface area (Å²) >= 11 is 0. The molecule has 0 spiro atoms. The fourth-order valence-corrected chi connectivity index (χ4v) is 1.53. The van der Waals surface area contributed by atoms with Crippen molar-refractivity contribution in [1.82, 2.24) is 0 Å². The highest BCUT2D eigenvalue weighted by Gasteiger charge is 2.20. The number of carboxylic acid groups (broad SMARTS) is 1. The fourth-order valence-electron chi connectivity index (χ4n) is 1.53. The summed E-state index contributed by atoms with van der Waals surface area (Å²) in [6.07, 6.45) is 0.341. The topological polar surface area (TPSA) is 66.4 Å². The normalized spacial score (nSPS) is 13.8. The first-order valence-electron chi connectivity index (χ1n) is 5.59. The number of nitrogens with one attached hydrogen (secondary N) is 1. The highest BCUT2D eigenvalue weighted by atomic mass is 16.4. The lowest BCUT2D eigenvalue weighted by molar-refractivity contribution is -0.141. The first-order chi connectivity index (χ1) is 8.00. The van der Waals surface area contributed by atoms with E-state index in [-0.39, 0.29) is 11.8 Å². The first kappa shape index (κ1) is 13.2. The van der Waals surface area contributed by atoms with E-state index in [1.165, 1.54) is 0 Å². The Morgan fingerprint density at radius 2 is 1.76 bits per heavy atom. The van der Waals surface area contributed by atoms with Gasteiger partial charge < -0.3 is 10.4 Å². The molecule has 0 saturated heterocycles. The molecular weight excluding hydrogens is 218 g/mol. The minimum absolute atomic E-state index is 0.149. The second-order valence-electron chi connectivity index (χ2n) is 4.23. The van der Waals surface area contributed by atoms with E-state index in [0.29, 0.717) is 6.42 Å². The average Bonchev–Trinajstić information content (AvgIpc) is 2.29. The van der Waals surface area contributed by atoms with E-state index in [1.807, 2.05) is 18.2 Å². The Bertz CT molecular complexity index is 389. The number of amides is 1. The highest BCUT2D eigenvalue weighted by molar-refractivity contribution is 5.92. The van der Waals surface area contributed by atoms with Gasteiger partial charge in [0.2, 0.25) is 5.91 Å². The Hall–Kier alpha value is -1.84. The molecule has 17 heavy (non-hydrogen) atoms. The van der Waals surface area contributed by atoms with Crippen LogP contribution >= 0.6 is 0 Å². The molecule has 0 bridgehead atoms. The van der Waals surface area contributed by atoms with Crippen molar-refractivity contribution in [3.63, 3.8) is 0 Å². The lowest BCUT2D eigenvalue weighted by atomic mass is 9.97. The van der Waals surface area contributed by atoms with Crippen LogP contribution in [-0.4, -0.2) is 17.0 Å². The lowest BCUT2D eigenvalue weighted by Gasteiger charge is -2.14. The standard InChI is InChI=1S/C13H17NO3/c1-9(8-10(2)13(16)17)12(15)14-11-6-4-3-5-7-11/h3-7,9-10H,8H2,1-2H3,(H,14,15)(H,16,17)/t9-,10+/m1/s1. The Morgan fingerprint density at radius 1 is 1.18 bits per heavy atom. The van der Waals surface area contributed by atoms with Crippen LogP contribution in [-0.2, 0) is 9.59 Å². The van der Waals surface area contributed by atoms with Gasteiger partial charge in [-0.05, 0) is 18.6 Å². The number of aliphatic carboxylic acids is 1. The number of hydrogen-bond donors (Lipinski definition) is 2. The van der Waals surface area contributed by atoms with Gasteiger partial charge in [0, 0.05) is 11.6 Å². The van der Waals surface area contributed by atoms with Crippen LogP contribution in [0.2, 0.25) is 0 Å². The van der Waals surface area contributed by atoms with Crippen molar-refractivity contribution in [2.45, 2.75) is 20.3 Å². The molecule has 1 amide bonds. The second kappa shape index (κ2) is 6.03. The van der Waals surface area contributed by atoms with Gasteiger partial charge in [-0.1, -0.05) is 32.0 Å². The molecular formula is C13H17NO3. The summed E-state index contributed by atoms with van der Waals surface area (Å²) in [4.78, 5) is 22.5. The summed E-state index contributed by atoms with van der Waals surface area (Å²) in [5, 5.41) is 11.5. The van der Waals surface area contributed by atoms with Crippen LogP contribution in [0.4, 0.5) is 5.69 Å². The van der Waals surface area contributed by atoms with Crippen molar-refractivity contribution in [1.29, 1.82) is 0 Å². The molecule has 1 aromatic carbocycles. The Kier molecular flexibility index (Phi) is 4.69. The molecule has 0 aliphatic heterocycles. The second-order valence-corrected chi connectivity index (χ2v) is 4.23. The Morgan fingerprint density at radius 3 is 2.29 bits per heavy atom. The van der Waals surface area contributed by atoms with Crippen molar-refractivity contribution in [2.24, 2.45) is 11.8 Å². The van der Waals surface area contributed by atoms with Gasteiger partial charge in [0.1, 0.15) is 0 Å². The van der Waals surface area contributed by atoms with E-state index in [0.717, 1.165) is 5.69 Å². The summed E-state index contributed by atoms with van der Waals surface area (Å²) in [7, 11) is 0. The molecule has 1 rings (SSSR count). The summed E-state index contributed by atoms with van der Waals surface area (Å²) < 4.78 is 0. The number of anilines is 1. The molecule has 1 aromatic rings. The minimum atomic E-state index is -0.871. The van der Waals surface area contributed by atoms with Gasteiger partial charge in [-0.15, -0.1) is 0 Å². The number of carbonyl (C=O) groups is 2. The van der Waals surface area contributed by atoms with Crippen LogP contribution in [0.5, 0.6) is 0 Å². The maximum Gasteiger partial charge on any atom is 0.306 e. The molecule has 92 valence electrons. The molecule has 4 heteroatoms. The SMILES string of the molecule is C[C@H](C[C@H](C)C(=O)O)C(=O)Nc1ccccc1. The molecule has 2 N–H and O–H groups in total. The van der Waals surface area contributed by atoms with Crippen LogP contribution in [0.25, 0.3) is 0 Å². The van der Waals surface area contributed by atoms with Crippen molar-refractivity contribution >= 4 is 17.6 Å². The van der Waals surface area contributed by atoms with Crippen molar-refractivity contribution < 1.29 is 14.7 Å². The first-order valence-corrected chi connectivity index (χ1v) is 5.59. The van der Waals surface area contributed by atoms with Crippen molar-refractivity contribution in [3.05, 3.63) is 30.3 Å². The zero-order valence-corrected chi connectivity index (χ0v) is 10.0. The van der Waals surface area contributed by atoms with Crippen molar-refractivity contribution in [2.75, 3.05) is 5.32 Å². The van der Waals surface area contributed by atoms with Crippen LogP contribution in [0.1, 0.15) is 20.3 Å². The average molecular weight is 235 g/mol. The summed E-state index contributed by atoms with van der Waals surface area (Å²) in [5.74, 6) is -1.85. The molecule has 4 nitrogen and oxygen atoms in total. The van der Waals surface area contributed by atoms with Gasteiger partial charge in [0.15, 0.2) is 0 Å². The molecule has 0 fully saturated rings. The number of rotatable bonds is 5. The van der Waals surface area contributed by atoms with Crippen LogP contribution in [0.3, 0.4) is 0 Å². The molecule has 0 saturated carbocycles. The maximum atomic E-state index is 11.8. The van der Waals surface area contributed by atoms with Crippen LogP contribution < -0.4 is 5.32 Å². The molecule has 2 atom stereocenters. The zero-order chi connectivity index (χ0) is 12.8. The van der Waals surface area contributed by atoms with Crippen molar-refractivity contribution in [3.8, 4) is 0 Å². The number of benzene rings is 1. The van der Waals surface area contributed by atoms with E-state index < -0.39 is 11.9 Å². The van der Waals surface area contributed by atoms with Crippen LogP contribution in [0, 0.1) is 11.8 Å². The van der Waals surface area contributed by atoms with Gasteiger partial charge in [-0.2, -0.15) is 0 Å². The largest absolute Gasteiger partial charge is 0.481 e. The third kappa shape index (κ3) is 4.26. The number of carboxylic acids is 1. The third-order valence-electron chi connectivity index (χ3n) is 2.62. The van der Waals surface area contributed by atoms with E-state index >= 15 is 0 Å². The zero-order valence-electron chi connectivity index (χ0n) is 10.0. The van der Waals surface area contributed by atoms with Gasteiger partial charge in [-0.3, -0.25) is 9.59 Å². The quantitative estimate of drug-likeness (QED) is 0.823. The van der Waals surface area contributed by atoms with Gasteiger partial charge in [-0.25, -0.2) is 0 Å². The van der Waals surface area contributed by atoms with Crippen LogP contribution in [0.15, 0.2) is 30.3 Å².